The van der Waals surface area contributed by atoms with Gasteiger partial charge in [0.2, 0.25) is 0 Å². The molecule has 0 bridgehead atoms. The summed E-state index contributed by atoms with van der Waals surface area (Å²) in [5.74, 6) is 0.796. The number of likely N-dealkylation sites (tertiary alicyclic amines) is 1. The van der Waals surface area contributed by atoms with Gasteiger partial charge < -0.3 is 4.74 Å². The highest BCUT2D eigenvalue weighted by molar-refractivity contribution is 5.89. The van der Waals surface area contributed by atoms with Crippen LogP contribution in [0, 0.1) is 0 Å². The Balaban J connectivity index is 1.93. The standard InChI is InChI=1S/C20H31N3O2/c1-5-22-14-7-6-10-17(22)16-9-8-13-21-18(16)23(15-11-12-15)19(24)25-20(2,3)4/h8-9,13,15,17H,5-7,10-12,14H2,1-4H3/t17-/m1/s1. The average molecular weight is 345 g/mol. The largest absolute Gasteiger partial charge is 0.443 e. The molecule has 3 rings (SSSR count). The van der Waals surface area contributed by atoms with Crippen molar-refractivity contribution in [1.29, 1.82) is 0 Å². The molecule has 5 nitrogen and oxygen atoms in total. The second-order valence-electron chi connectivity index (χ2n) is 8.14. The number of carbonyl (C=O) groups is 1. The highest BCUT2D eigenvalue weighted by Gasteiger charge is 2.39. The Hall–Kier alpha value is -1.62. The first-order valence-electron chi connectivity index (χ1n) is 9.62. The molecule has 1 aromatic heterocycles. The molecule has 0 N–H and O–H groups in total. The first-order valence-corrected chi connectivity index (χ1v) is 9.62. The Kier molecular flexibility index (Phi) is 5.32. The second-order valence-corrected chi connectivity index (χ2v) is 8.14. The fraction of sp³-hybridized carbons (Fsp3) is 0.700. The van der Waals surface area contributed by atoms with Gasteiger partial charge in [-0.25, -0.2) is 9.78 Å². The van der Waals surface area contributed by atoms with Crippen molar-refractivity contribution in [1.82, 2.24) is 9.88 Å². The molecule has 2 heterocycles. The van der Waals surface area contributed by atoms with Crippen LogP contribution in [0.5, 0.6) is 0 Å². The summed E-state index contributed by atoms with van der Waals surface area (Å²) in [5.41, 5.74) is 0.668. The molecule has 2 fully saturated rings. The molecule has 0 unspecified atom stereocenters. The lowest BCUT2D eigenvalue weighted by molar-refractivity contribution is 0.0575. The van der Waals surface area contributed by atoms with Crippen molar-refractivity contribution in [3.8, 4) is 0 Å². The first kappa shape index (κ1) is 18.2. The fourth-order valence-corrected chi connectivity index (χ4v) is 3.64. The SMILES string of the molecule is CCN1CCCC[C@@H]1c1cccnc1N(C(=O)OC(C)(C)C)C1CC1. The number of piperidine rings is 1. The molecular formula is C20H31N3O2. The molecule has 1 aliphatic carbocycles. The van der Waals surface area contributed by atoms with E-state index in [1.165, 1.54) is 18.4 Å². The van der Waals surface area contributed by atoms with E-state index in [0.717, 1.165) is 38.2 Å². The average Bonchev–Trinajstić information content (AvgIpc) is 3.39. The van der Waals surface area contributed by atoms with Crippen LogP contribution >= 0.6 is 0 Å². The Morgan fingerprint density at radius 2 is 2.08 bits per heavy atom. The lowest BCUT2D eigenvalue weighted by Gasteiger charge is -2.37. The van der Waals surface area contributed by atoms with Gasteiger partial charge in [0.15, 0.2) is 0 Å². The van der Waals surface area contributed by atoms with E-state index in [9.17, 15) is 4.79 Å². The fourth-order valence-electron chi connectivity index (χ4n) is 3.64. The molecule has 0 radical (unpaired) electrons. The van der Waals surface area contributed by atoms with E-state index in [2.05, 4.69) is 22.9 Å². The molecule has 25 heavy (non-hydrogen) atoms. The van der Waals surface area contributed by atoms with Crippen molar-refractivity contribution in [2.75, 3.05) is 18.0 Å². The third kappa shape index (κ3) is 4.32. The van der Waals surface area contributed by atoms with Crippen LogP contribution in [0.1, 0.15) is 71.4 Å². The van der Waals surface area contributed by atoms with Crippen LogP contribution < -0.4 is 4.90 Å². The summed E-state index contributed by atoms with van der Waals surface area (Å²) in [6.45, 7) is 10.1. The number of ether oxygens (including phenoxy) is 1. The Bertz CT molecular complexity index is 607. The van der Waals surface area contributed by atoms with Crippen molar-refractivity contribution in [2.24, 2.45) is 0 Å². The molecular weight excluding hydrogens is 314 g/mol. The van der Waals surface area contributed by atoms with Gasteiger partial charge in [-0.05, 0) is 65.6 Å². The van der Waals surface area contributed by atoms with E-state index in [1.54, 1.807) is 6.20 Å². The van der Waals surface area contributed by atoms with Crippen LogP contribution in [0.25, 0.3) is 0 Å². The van der Waals surface area contributed by atoms with Crippen molar-refractivity contribution in [3.05, 3.63) is 23.9 Å². The van der Waals surface area contributed by atoms with Crippen molar-refractivity contribution in [2.45, 2.75) is 77.5 Å². The summed E-state index contributed by atoms with van der Waals surface area (Å²) in [5, 5.41) is 0. The smallest absolute Gasteiger partial charge is 0.416 e. The summed E-state index contributed by atoms with van der Waals surface area (Å²) >= 11 is 0. The number of amides is 1. The number of anilines is 1. The van der Waals surface area contributed by atoms with Crippen LogP contribution in [-0.4, -0.2) is 40.7 Å². The zero-order chi connectivity index (χ0) is 18.0. The minimum atomic E-state index is -0.501. The molecule has 1 saturated carbocycles. The van der Waals surface area contributed by atoms with Gasteiger partial charge >= 0.3 is 6.09 Å². The van der Waals surface area contributed by atoms with E-state index in [0.29, 0.717) is 6.04 Å². The summed E-state index contributed by atoms with van der Waals surface area (Å²) in [4.78, 5) is 21.8. The van der Waals surface area contributed by atoms with Gasteiger partial charge in [0.25, 0.3) is 0 Å². The molecule has 1 aliphatic heterocycles. The third-order valence-corrected chi connectivity index (χ3v) is 4.93. The van der Waals surface area contributed by atoms with E-state index < -0.39 is 5.60 Å². The monoisotopic (exact) mass is 345 g/mol. The normalized spacial score (nSPS) is 21.8. The van der Waals surface area contributed by atoms with Gasteiger partial charge in [-0.2, -0.15) is 0 Å². The highest BCUT2D eigenvalue weighted by Crippen LogP contribution is 2.39. The predicted octanol–water partition coefficient (Wildman–Crippen LogP) is 4.53. The highest BCUT2D eigenvalue weighted by atomic mass is 16.6. The lowest BCUT2D eigenvalue weighted by atomic mass is 9.95. The van der Waals surface area contributed by atoms with E-state index in [1.807, 2.05) is 31.7 Å². The summed E-state index contributed by atoms with van der Waals surface area (Å²) in [7, 11) is 0. The Labute approximate surface area is 151 Å². The van der Waals surface area contributed by atoms with Crippen LogP contribution in [-0.2, 0) is 4.74 Å². The zero-order valence-corrected chi connectivity index (χ0v) is 16.0. The maximum Gasteiger partial charge on any atom is 0.416 e. The topological polar surface area (TPSA) is 45.7 Å². The number of carbonyl (C=O) groups excluding carboxylic acids is 1. The zero-order valence-electron chi connectivity index (χ0n) is 16.0. The maximum atomic E-state index is 12.9. The van der Waals surface area contributed by atoms with Crippen LogP contribution in [0.2, 0.25) is 0 Å². The Morgan fingerprint density at radius 3 is 2.72 bits per heavy atom. The molecule has 2 aliphatic rings. The van der Waals surface area contributed by atoms with Gasteiger partial charge in [0.05, 0.1) is 0 Å². The summed E-state index contributed by atoms with van der Waals surface area (Å²) in [6, 6.07) is 4.69. The first-order chi connectivity index (χ1) is 11.9. The predicted molar refractivity (Wildman–Crippen MR) is 99.8 cm³/mol. The molecule has 0 spiro atoms. The van der Waals surface area contributed by atoms with Gasteiger partial charge in [0, 0.05) is 23.8 Å². The van der Waals surface area contributed by atoms with Crippen LogP contribution in [0.3, 0.4) is 0 Å². The van der Waals surface area contributed by atoms with Gasteiger partial charge in [0.1, 0.15) is 11.4 Å². The minimum Gasteiger partial charge on any atom is -0.443 e. The Morgan fingerprint density at radius 1 is 1.32 bits per heavy atom. The van der Waals surface area contributed by atoms with E-state index in [-0.39, 0.29) is 12.1 Å². The quantitative estimate of drug-likeness (QED) is 0.804. The van der Waals surface area contributed by atoms with Gasteiger partial charge in [-0.1, -0.05) is 19.4 Å². The summed E-state index contributed by atoms with van der Waals surface area (Å²) < 4.78 is 5.68. The number of pyridine rings is 1. The second kappa shape index (κ2) is 7.32. The minimum absolute atomic E-state index is 0.224. The summed E-state index contributed by atoms with van der Waals surface area (Å²) in [6.07, 6.45) is 7.17. The molecule has 0 aromatic carbocycles. The maximum absolute atomic E-state index is 12.9. The molecule has 1 saturated heterocycles. The lowest BCUT2D eigenvalue weighted by Crippen LogP contribution is -2.41. The van der Waals surface area contributed by atoms with Gasteiger partial charge in [-0.3, -0.25) is 9.80 Å². The number of aromatic nitrogens is 1. The number of rotatable bonds is 4. The molecule has 1 amide bonds. The third-order valence-electron chi connectivity index (χ3n) is 4.93. The van der Waals surface area contributed by atoms with Crippen molar-refractivity contribution < 1.29 is 9.53 Å². The van der Waals surface area contributed by atoms with E-state index in [4.69, 9.17) is 4.74 Å². The number of hydrogen-bond acceptors (Lipinski definition) is 4. The number of nitrogens with zero attached hydrogens (tertiary/aromatic N) is 3. The van der Waals surface area contributed by atoms with Gasteiger partial charge in [-0.15, -0.1) is 0 Å². The molecule has 1 atom stereocenters. The van der Waals surface area contributed by atoms with Crippen molar-refractivity contribution >= 4 is 11.9 Å². The molecule has 5 heteroatoms. The molecule has 1 aromatic rings. The number of hydrogen-bond donors (Lipinski definition) is 0. The van der Waals surface area contributed by atoms with E-state index >= 15 is 0 Å². The van der Waals surface area contributed by atoms with Crippen molar-refractivity contribution in [3.63, 3.8) is 0 Å². The molecule has 138 valence electrons. The van der Waals surface area contributed by atoms with Crippen LogP contribution in [0.4, 0.5) is 10.6 Å². The van der Waals surface area contributed by atoms with Crippen LogP contribution in [0.15, 0.2) is 18.3 Å².